The van der Waals surface area contributed by atoms with Gasteiger partial charge in [0, 0.05) is 6.42 Å². The van der Waals surface area contributed by atoms with Crippen LogP contribution in [0, 0.1) is 5.92 Å². The molecule has 0 saturated heterocycles. The number of carbonyl (C=O) groups is 1. The Morgan fingerprint density at radius 1 is 1.54 bits per heavy atom. The second-order valence-electron chi connectivity index (χ2n) is 3.37. The molecule has 1 saturated carbocycles. The van der Waals surface area contributed by atoms with Gasteiger partial charge >= 0.3 is 0 Å². The third-order valence-corrected chi connectivity index (χ3v) is 2.34. The lowest BCUT2D eigenvalue weighted by Crippen LogP contribution is -2.42. The summed E-state index contributed by atoms with van der Waals surface area (Å²) in [5, 5.41) is 17.5. The first-order valence-electron chi connectivity index (χ1n) is 4.17. The van der Waals surface area contributed by atoms with Gasteiger partial charge in [-0.05, 0) is 12.8 Å². The zero-order valence-electron chi connectivity index (χ0n) is 7.04. The van der Waals surface area contributed by atoms with Crippen molar-refractivity contribution in [2.45, 2.75) is 31.3 Å². The predicted octanol–water partition coefficient (Wildman–Crippen LogP) is 0.344. The van der Waals surface area contributed by atoms with Crippen molar-refractivity contribution >= 4 is 5.78 Å². The summed E-state index contributed by atoms with van der Waals surface area (Å²) in [5.74, 6) is -5.47. The highest BCUT2D eigenvalue weighted by Gasteiger charge is 2.46. The lowest BCUT2D eigenvalue weighted by atomic mass is 9.82. The Bertz CT molecular complexity index is 206. The molecule has 1 aliphatic carbocycles. The smallest absolute Gasteiger partial charge is 0.280 e. The molecule has 5 heteroatoms. The third-order valence-electron chi connectivity index (χ3n) is 2.34. The van der Waals surface area contributed by atoms with Crippen LogP contribution in [0.5, 0.6) is 0 Å². The maximum absolute atomic E-state index is 12.9. The third kappa shape index (κ3) is 2.22. The van der Waals surface area contributed by atoms with Crippen LogP contribution in [0.15, 0.2) is 0 Å². The van der Waals surface area contributed by atoms with E-state index < -0.39 is 30.3 Å². The van der Waals surface area contributed by atoms with Gasteiger partial charge in [0.1, 0.15) is 12.4 Å². The minimum Gasteiger partial charge on any atom is -0.393 e. The van der Waals surface area contributed by atoms with E-state index in [4.69, 9.17) is 10.2 Å². The molecule has 0 aliphatic heterocycles. The zero-order valence-corrected chi connectivity index (χ0v) is 7.04. The number of hydrogen-bond donors (Lipinski definition) is 2. The SMILES string of the molecule is O=C1CCC(O)CC1C(F)(F)CO. The molecule has 0 amide bonds. The molecular weight excluding hydrogens is 182 g/mol. The quantitative estimate of drug-likeness (QED) is 0.666. The highest BCUT2D eigenvalue weighted by molar-refractivity contribution is 5.82. The summed E-state index contributed by atoms with van der Waals surface area (Å²) in [6, 6.07) is 0. The van der Waals surface area contributed by atoms with Gasteiger partial charge in [0.2, 0.25) is 0 Å². The molecular formula is C8H12F2O3. The standard InChI is InChI=1S/C8H12F2O3/c9-8(10,4-11)6-3-5(12)1-2-7(6)13/h5-6,11-12H,1-4H2. The number of carbonyl (C=O) groups excluding carboxylic acids is 1. The van der Waals surface area contributed by atoms with Gasteiger partial charge in [-0.15, -0.1) is 0 Å². The predicted molar refractivity (Wildman–Crippen MR) is 40.4 cm³/mol. The zero-order chi connectivity index (χ0) is 10.1. The maximum Gasteiger partial charge on any atom is 0.280 e. The molecule has 2 unspecified atom stereocenters. The van der Waals surface area contributed by atoms with Crippen molar-refractivity contribution in [3.63, 3.8) is 0 Å². The number of halogens is 2. The fraction of sp³-hybridized carbons (Fsp3) is 0.875. The summed E-state index contributed by atoms with van der Waals surface area (Å²) in [5.41, 5.74) is 0. The van der Waals surface area contributed by atoms with Crippen molar-refractivity contribution in [3.8, 4) is 0 Å². The monoisotopic (exact) mass is 194 g/mol. The summed E-state index contributed by atoms with van der Waals surface area (Å²) >= 11 is 0. The normalized spacial score (nSPS) is 30.6. The molecule has 0 radical (unpaired) electrons. The Labute approximate surface area is 74.4 Å². The van der Waals surface area contributed by atoms with E-state index in [1.54, 1.807) is 0 Å². The fourth-order valence-electron chi connectivity index (χ4n) is 1.52. The van der Waals surface area contributed by atoms with Crippen LogP contribution in [0.4, 0.5) is 8.78 Å². The molecule has 1 fully saturated rings. The van der Waals surface area contributed by atoms with Crippen LogP contribution >= 0.6 is 0 Å². The summed E-state index contributed by atoms with van der Waals surface area (Å²) < 4.78 is 25.8. The van der Waals surface area contributed by atoms with Crippen LogP contribution in [-0.4, -0.2) is 34.6 Å². The maximum atomic E-state index is 12.9. The first kappa shape index (κ1) is 10.5. The second kappa shape index (κ2) is 3.67. The van der Waals surface area contributed by atoms with Crippen LogP contribution in [0.25, 0.3) is 0 Å². The van der Waals surface area contributed by atoms with E-state index in [2.05, 4.69) is 0 Å². The number of hydrogen-bond acceptors (Lipinski definition) is 3. The topological polar surface area (TPSA) is 57.5 Å². The number of ketones is 1. The summed E-state index contributed by atoms with van der Waals surface area (Å²) in [4.78, 5) is 11.0. The molecule has 2 N–H and O–H groups in total. The Morgan fingerprint density at radius 3 is 2.69 bits per heavy atom. The first-order chi connectivity index (χ1) is 5.97. The van der Waals surface area contributed by atoms with Gasteiger partial charge in [0.25, 0.3) is 5.92 Å². The number of Topliss-reactive ketones (excluding diaryl/α,β-unsaturated/α-hetero) is 1. The van der Waals surface area contributed by atoms with Gasteiger partial charge < -0.3 is 10.2 Å². The van der Waals surface area contributed by atoms with Crippen molar-refractivity contribution in [2.24, 2.45) is 5.92 Å². The molecule has 0 spiro atoms. The Kier molecular flexibility index (Phi) is 2.98. The van der Waals surface area contributed by atoms with Crippen molar-refractivity contribution < 1.29 is 23.8 Å². The van der Waals surface area contributed by atoms with Crippen LogP contribution in [0.3, 0.4) is 0 Å². The highest BCUT2D eigenvalue weighted by atomic mass is 19.3. The van der Waals surface area contributed by atoms with Crippen molar-refractivity contribution in [2.75, 3.05) is 6.61 Å². The van der Waals surface area contributed by atoms with E-state index in [1.165, 1.54) is 0 Å². The number of aliphatic hydroxyl groups excluding tert-OH is 2. The molecule has 0 bridgehead atoms. The van der Waals surface area contributed by atoms with Gasteiger partial charge in [0.15, 0.2) is 0 Å². The van der Waals surface area contributed by atoms with Gasteiger partial charge in [-0.1, -0.05) is 0 Å². The minimum absolute atomic E-state index is 0.0264. The van der Waals surface area contributed by atoms with E-state index in [0.29, 0.717) is 0 Å². The molecule has 1 rings (SSSR count). The average Bonchev–Trinajstić information content (AvgIpc) is 2.09. The largest absolute Gasteiger partial charge is 0.393 e. The number of alkyl halides is 2. The van der Waals surface area contributed by atoms with Crippen LogP contribution in [0.1, 0.15) is 19.3 Å². The average molecular weight is 194 g/mol. The van der Waals surface area contributed by atoms with E-state index in [9.17, 15) is 13.6 Å². The lowest BCUT2D eigenvalue weighted by molar-refractivity contribution is -0.153. The molecule has 1 aliphatic rings. The van der Waals surface area contributed by atoms with E-state index in [-0.39, 0.29) is 19.3 Å². The summed E-state index contributed by atoms with van der Waals surface area (Å²) in [7, 11) is 0. The van der Waals surface area contributed by atoms with Crippen molar-refractivity contribution in [3.05, 3.63) is 0 Å². The molecule has 13 heavy (non-hydrogen) atoms. The van der Waals surface area contributed by atoms with Crippen LogP contribution in [-0.2, 0) is 4.79 Å². The minimum atomic E-state index is -3.39. The Hall–Kier alpha value is -0.550. The van der Waals surface area contributed by atoms with E-state index in [1.807, 2.05) is 0 Å². The van der Waals surface area contributed by atoms with Gasteiger partial charge in [-0.3, -0.25) is 4.79 Å². The second-order valence-corrected chi connectivity index (χ2v) is 3.37. The van der Waals surface area contributed by atoms with Gasteiger partial charge in [-0.2, -0.15) is 0 Å². The lowest BCUT2D eigenvalue weighted by Gasteiger charge is -2.29. The Morgan fingerprint density at radius 2 is 2.15 bits per heavy atom. The van der Waals surface area contributed by atoms with Crippen LogP contribution in [0.2, 0.25) is 0 Å². The molecule has 76 valence electrons. The molecule has 0 heterocycles. The highest BCUT2D eigenvalue weighted by Crippen LogP contribution is 2.33. The van der Waals surface area contributed by atoms with Gasteiger partial charge in [-0.25, -0.2) is 8.78 Å². The fourth-order valence-corrected chi connectivity index (χ4v) is 1.52. The van der Waals surface area contributed by atoms with Crippen molar-refractivity contribution in [1.29, 1.82) is 0 Å². The van der Waals surface area contributed by atoms with E-state index in [0.717, 1.165) is 0 Å². The molecule has 2 atom stereocenters. The molecule has 3 nitrogen and oxygen atoms in total. The van der Waals surface area contributed by atoms with Crippen molar-refractivity contribution in [1.82, 2.24) is 0 Å². The molecule has 0 aromatic rings. The van der Waals surface area contributed by atoms with E-state index >= 15 is 0 Å². The molecule has 0 aromatic carbocycles. The molecule has 0 aromatic heterocycles. The first-order valence-corrected chi connectivity index (χ1v) is 4.17. The Balaban J connectivity index is 2.71. The van der Waals surface area contributed by atoms with Crippen LogP contribution < -0.4 is 0 Å². The number of rotatable bonds is 2. The van der Waals surface area contributed by atoms with Gasteiger partial charge in [0.05, 0.1) is 12.0 Å². The summed E-state index contributed by atoms with van der Waals surface area (Å²) in [6.07, 6.45) is -0.870. The number of aliphatic hydroxyl groups is 2. The summed E-state index contributed by atoms with van der Waals surface area (Å²) in [6.45, 7) is -1.34.